The maximum absolute atomic E-state index is 11.2. The molecule has 6 aromatic carbocycles. The van der Waals surface area contributed by atoms with Gasteiger partial charge in [-0.15, -0.1) is 0 Å². The Hall–Kier alpha value is -8.26. The minimum Gasteiger partial charge on any atom is -0.497 e. The molecule has 2 heterocycles. The number of ether oxygens (including phenoxy) is 4. The number of rotatable bonds is 12. The number of aromatic amines is 2. The molecule has 0 fully saturated rings. The molecule has 0 aliphatic rings. The molecule has 0 spiro atoms. The summed E-state index contributed by atoms with van der Waals surface area (Å²) in [5.74, 6) is 4.11. The minimum atomic E-state index is -0.415. The number of H-pyrrole nitrogens is 2. The smallest absolute Gasteiger partial charge is 0.270 e. The number of hydrogen-bond donors (Lipinski definition) is 2. The fourth-order valence-corrected chi connectivity index (χ4v) is 6.40. The highest BCUT2D eigenvalue weighted by atomic mass is 16.6. The Balaban J connectivity index is 0.000000181. The van der Waals surface area contributed by atoms with Gasteiger partial charge in [0, 0.05) is 57.6 Å². The van der Waals surface area contributed by atoms with Crippen LogP contribution < -0.4 is 18.9 Å². The minimum absolute atomic E-state index is 0.0147. The molecule has 60 heavy (non-hydrogen) atoms. The molecule has 8 aromatic rings. The van der Waals surface area contributed by atoms with Crippen LogP contribution in [0.25, 0.3) is 67.8 Å². The lowest BCUT2D eigenvalue weighted by Gasteiger charge is -2.06. The Bertz CT molecular complexity index is 2420. The van der Waals surface area contributed by atoms with Crippen molar-refractivity contribution in [1.29, 1.82) is 0 Å². The molecule has 0 saturated carbocycles. The summed E-state index contributed by atoms with van der Waals surface area (Å²) in [7, 11) is 6.47. The second-order valence-corrected chi connectivity index (χ2v) is 13.1. The summed E-state index contributed by atoms with van der Waals surface area (Å²) in [4.78, 5) is 37.7. The van der Waals surface area contributed by atoms with Gasteiger partial charge in [-0.2, -0.15) is 0 Å². The van der Waals surface area contributed by atoms with E-state index >= 15 is 0 Å². The largest absolute Gasteiger partial charge is 0.497 e. The van der Waals surface area contributed by atoms with Crippen LogP contribution in [0.2, 0.25) is 0 Å². The van der Waals surface area contributed by atoms with Crippen LogP contribution >= 0.6 is 0 Å². The lowest BCUT2D eigenvalue weighted by atomic mass is 10.0. The van der Waals surface area contributed by atoms with E-state index in [0.29, 0.717) is 22.8 Å². The molecule has 0 radical (unpaired) electrons. The summed E-state index contributed by atoms with van der Waals surface area (Å²) in [5.41, 5.74) is 8.04. The highest BCUT2D eigenvalue weighted by Gasteiger charge is 2.19. The lowest BCUT2D eigenvalue weighted by Crippen LogP contribution is -1.89. The van der Waals surface area contributed by atoms with E-state index in [2.05, 4.69) is 9.97 Å². The Morgan fingerprint density at radius 3 is 1.00 bits per heavy atom. The van der Waals surface area contributed by atoms with Crippen molar-refractivity contribution in [2.75, 3.05) is 28.4 Å². The van der Waals surface area contributed by atoms with E-state index in [0.717, 1.165) is 68.0 Å². The van der Waals surface area contributed by atoms with Gasteiger partial charge in [0.25, 0.3) is 11.4 Å². The number of non-ortho nitro benzene ring substituents is 2. The molecule has 0 bridgehead atoms. The van der Waals surface area contributed by atoms with Gasteiger partial charge < -0.3 is 28.9 Å². The number of aromatic nitrogens is 4. The normalized spacial score (nSPS) is 10.6. The lowest BCUT2D eigenvalue weighted by molar-refractivity contribution is -0.385. The molecule has 0 aliphatic heterocycles. The number of imidazole rings is 2. The third-order valence-corrected chi connectivity index (χ3v) is 9.55. The van der Waals surface area contributed by atoms with E-state index in [1.54, 1.807) is 52.7 Å². The molecule has 0 atom stereocenters. The molecule has 2 aromatic heterocycles. The van der Waals surface area contributed by atoms with Crippen molar-refractivity contribution in [1.82, 2.24) is 19.9 Å². The molecule has 300 valence electrons. The molecular formula is C46H38N6O8. The first-order chi connectivity index (χ1) is 29.2. The number of nitro groups is 2. The third kappa shape index (κ3) is 8.82. The number of nitrogens with one attached hydrogen (secondary N) is 2. The molecule has 14 nitrogen and oxygen atoms in total. The van der Waals surface area contributed by atoms with Gasteiger partial charge >= 0.3 is 0 Å². The second-order valence-electron chi connectivity index (χ2n) is 13.1. The predicted octanol–water partition coefficient (Wildman–Crippen LogP) is 10.7. The molecular weight excluding hydrogens is 765 g/mol. The van der Waals surface area contributed by atoms with Gasteiger partial charge in [0.1, 0.15) is 34.6 Å². The van der Waals surface area contributed by atoms with Crippen molar-refractivity contribution in [2.24, 2.45) is 0 Å². The topological polar surface area (TPSA) is 181 Å². The summed E-state index contributed by atoms with van der Waals surface area (Å²) in [5, 5.41) is 22.3. The van der Waals surface area contributed by atoms with Crippen molar-refractivity contribution in [3.05, 3.63) is 166 Å². The van der Waals surface area contributed by atoms with Crippen LogP contribution in [0.1, 0.15) is 0 Å². The first kappa shape index (κ1) is 40.0. The first-order valence-corrected chi connectivity index (χ1v) is 18.4. The summed E-state index contributed by atoms with van der Waals surface area (Å²) in [6.07, 6.45) is 0. The number of nitro benzene ring substituents is 2. The van der Waals surface area contributed by atoms with Gasteiger partial charge in [-0.05, 0) is 97.1 Å². The van der Waals surface area contributed by atoms with Crippen LogP contribution in [-0.4, -0.2) is 58.2 Å². The molecule has 0 amide bonds. The maximum atomic E-state index is 11.2. The number of nitrogens with zero attached hydrogens (tertiary/aromatic N) is 4. The Kier molecular flexibility index (Phi) is 11.9. The van der Waals surface area contributed by atoms with Gasteiger partial charge in [0.2, 0.25) is 0 Å². The third-order valence-electron chi connectivity index (χ3n) is 9.55. The van der Waals surface area contributed by atoms with Crippen molar-refractivity contribution in [3.8, 4) is 90.8 Å². The summed E-state index contributed by atoms with van der Waals surface area (Å²) < 4.78 is 21.0. The Morgan fingerprint density at radius 1 is 0.417 bits per heavy atom. The monoisotopic (exact) mass is 802 g/mol. The zero-order chi connectivity index (χ0) is 42.2. The first-order valence-electron chi connectivity index (χ1n) is 18.4. The molecule has 8 rings (SSSR count). The van der Waals surface area contributed by atoms with E-state index in [1.165, 1.54) is 24.3 Å². The molecule has 0 saturated heterocycles. The fourth-order valence-electron chi connectivity index (χ4n) is 6.40. The van der Waals surface area contributed by atoms with Gasteiger partial charge in [0.05, 0.1) is 61.1 Å². The van der Waals surface area contributed by atoms with Crippen LogP contribution in [-0.2, 0) is 0 Å². The van der Waals surface area contributed by atoms with Crippen molar-refractivity contribution in [3.63, 3.8) is 0 Å². The van der Waals surface area contributed by atoms with Gasteiger partial charge in [-0.1, -0.05) is 24.3 Å². The van der Waals surface area contributed by atoms with Crippen LogP contribution in [0.4, 0.5) is 11.4 Å². The predicted molar refractivity (Wildman–Crippen MR) is 229 cm³/mol. The zero-order valence-corrected chi connectivity index (χ0v) is 32.9. The molecule has 2 N–H and O–H groups in total. The van der Waals surface area contributed by atoms with Crippen molar-refractivity contribution < 1.29 is 28.8 Å². The number of methoxy groups -OCH3 is 4. The summed E-state index contributed by atoms with van der Waals surface area (Å²) in [6.45, 7) is 0. The maximum Gasteiger partial charge on any atom is 0.270 e. The average molecular weight is 803 g/mol. The van der Waals surface area contributed by atoms with Gasteiger partial charge in [0.15, 0.2) is 0 Å². The molecule has 0 unspecified atom stereocenters. The van der Waals surface area contributed by atoms with Crippen LogP contribution in [0.3, 0.4) is 0 Å². The van der Waals surface area contributed by atoms with E-state index in [1.807, 2.05) is 97.1 Å². The Morgan fingerprint density at radius 2 is 0.717 bits per heavy atom. The second kappa shape index (κ2) is 17.9. The Labute approximate surface area is 344 Å². The van der Waals surface area contributed by atoms with Crippen LogP contribution in [0.15, 0.2) is 146 Å². The fraction of sp³-hybridized carbons (Fsp3) is 0.0870. The van der Waals surface area contributed by atoms with E-state index in [4.69, 9.17) is 28.9 Å². The number of hydrogen-bond acceptors (Lipinski definition) is 10. The zero-order valence-electron chi connectivity index (χ0n) is 32.9. The average Bonchev–Trinajstić information content (AvgIpc) is 3.96. The van der Waals surface area contributed by atoms with E-state index in [-0.39, 0.29) is 11.4 Å². The van der Waals surface area contributed by atoms with E-state index in [9.17, 15) is 20.2 Å². The summed E-state index contributed by atoms with van der Waals surface area (Å²) in [6, 6.07) is 43.3. The molecule has 0 aliphatic carbocycles. The quantitative estimate of drug-likeness (QED) is 0.0891. The SMILES string of the molecule is COc1ccc(-c2nc(-c3cccc([N+](=O)[O-])c3)[nH]c2-c2ccc(OC)cc2)cc1.COc1ccc(-c2nc(-c3cccc([N+](=O)[O-])c3)[nH]c2-c2ccc(OC)cc2)cc1. The van der Waals surface area contributed by atoms with Crippen molar-refractivity contribution >= 4 is 11.4 Å². The van der Waals surface area contributed by atoms with E-state index < -0.39 is 9.85 Å². The highest BCUT2D eigenvalue weighted by molar-refractivity contribution is 5.83. The van der Waals surface area contributed by atoms with Crippen molar-refractivity contribution in [2.45, 2.75) is 0 Å². The summed E-state index contributed by atoms with van der Waals surface area (Å²) >= 11 is 0. The molecule has 14 heteroatoms. The van der Waals surface area contributed by atoms with Gasteiger partial charge in [-0.25, -0.2) is 9.97 Å². The standard InChI is InChI=1S/2C23H19N3O4/c2*1-29-19-10-6-15(7-11-19)21-22(16-8-12-20(30-2)13-9-16)25-23(24-21)17-4-3-5-18(14-17)26(27)28/h2*3-14H,1-2H3,(H,24,25). The van der Waals surface area contributed by atoms with Gasteiger partial charge in [-0.3, -0.25) is 20.2 Å². The van der Waals surface area contributed by atoms with Crippen LogP contribution in [0.5, 0.6) is 23.0 Å². The highest BCUT2D eigenvalue weighted by Crippen LogP contribution is 2.37. The number of benzene rings is 6. The van der Waals surface area contributed by atoms with Crippen LogP contribution in [0, 0.1) is 20.2 Å².